The Kier molecular flexibility index (Phi) is 3.23. The van der Waals surface area contributed by atoms with E-state index in [1.165, 1.54) is 0 Å². The molecule has 18 heavy (non-hydrogen) atoms. The van der Waals surface area contributed by atoms with E-state index in [-0.39, 0.29) is 0 Å². The summed E-state index contributed by atoms with van der Waals surface area (Å²) in [6.45, 7) is 4.18. The first-order valence-corrected chi connectivity index (χ1v) is 5.87. The summed E-state index contributed by atoms with van der Waals surface area (Å²) in [7, 11) is 3.51. The van der Waals surface area contributed by atoms with Gasteiger partial charge < -0.3 is 10.5 Å². The van der Waals surface area contributed by atoms with Gasteiger partial charge in [-0.15, -0.1) is 0 Å². The molecule has 1 aromatic heterocycles. The minimum atomic E-state index is 0.330. The molecule has 0 saturated heterocycles. The number of benzene rings is 1. The van der Waals surface area contributed by atoms with Crippen LogP contribution in [0.1, 0.15) is 25.6 Å². The second-order valence-corrected chi connectivity index (χ2v) is 4.53. The third-order valence-corrected chi connectivity index (χ3v) is 2.78. The summed E-state index contributed by atoms with van der Waals surface area (Å²) in [5.74, 6) is 2.63. The van der Waals surface area contributed by atoms with Crippen LogP contribution in [0.3, 0.4) is 0 Å². The van der Waals surface area contributed by atoms with E-state index < -0.39 is 0 Å². The molecule has 0 fully saturated rings. The summed E-state index contributed by atoms with van der Waals surface area (Å²) in [6.07, 6.45) is 0. The van der Waals surface area contributed by atoms with E-state index in [1.807, 2.05) is 19.2 Å². The molecule has 1 heterocycles. The van der Waals surface area contributed by atoms with Gasteiger partial charge in [-0.25, -0.2) is 4.98 Å². The highest BCUT2D eigenvalue weighted by Crippen LogP contribution is 2.30. The molecular formula is C13H18N4O. The Labute approximate surface area is 107 Å². The van der Waals surface area contributed by atoms with Crippen LogP contribution in [0.5, 0.6) is 5.75 Å². The predicted molar refractivity (Wildman–Crippen MR) is 71.5 cm³/mol. The Bertz CT molecular complexity index is 560. The lowest BCUT2D eigenvalue weighted by Gasteiger charge is -2.05. The number of aromatic nitrogens is 3. The van der Waals surface area contributed by atoms with Gasteiger partial charge in [0.15, 0.2) is 5.82 Å². The fourth-order valence-electron chi connectivity index (χ4n) is 1.91. The largest absolute Gasteiger partial charge is 0.496 e. The first kappa shape index (κ1) is 12.4. The van der Waals surface area contributed by atoms with Gasteiger partial charge in [-0.3, -0.25) is 4.68 Å². The van der Waals surface area contributed by atoms with Gasteiger partial charge in [0.1, 0.15) is 11.6 Å². The van der Waals surface area contributed by atoms with Crippen molar-refractivity contribution in [2.75, 3.05) is 12.8 Å². The lowest BCUT2D eigenvalue weighted by molar-refractivity contribution is 0.416. The normalized spacial score (nSPS) is 10.9. The molecule has 2 rings (SSSR count). The van der Waals surface area contributed by atoms with Crippen LogP contribution in [0.4, 0.5) is 5.69 Å². The topological polar surface area (TPSA) is 66.0 Å². The smallest absolute Gasteiger partial charge is 0.185 e. The summed E-state index contributed by atoms with van der Waals surface area (Å²) < 4.78 is 7.12. The molecule has 0 radical (unpaired) electrons. The summed E-state index contributed by atoms with van der Waals surface area (Å²) >= 11 is 0. The van der Waals surface area contributed by atoms with E-state index in [2.05, 4.69) is 23.9 Å². The maximum Gasteiger partial charge on any atom is 0.185 e. The van der Waals surface area contributed by atoms with E-state index in [1.54, 1.807) is 17.9 Å². The van der Waals surface area contributed by atoms with Crippen LogP contribution in [0.15, 0.2) is 18.2 Å². The number of nitrogens with two attached hydrogens (primary N) is 1. The summed E-state index contributed by atoms with van der Waals surface area (Å²) in [5.41, 5.74) is 7.26. The molecule has 0 saturated carbocycles. The highest BCUT2D eigenvalue weighted by atomic mass is 16.5. The Morgan fingerprint density at radius 3 is 2.61 bits per heavy atom. The van der Waals surface area contributed by atoms with Gasteiger partial charge in [0.2, 0.25) is 0 Å². The minimum absolute atomic E-state index is 0.330. The van der Waals surface area contributed by atoms with Gasteiger partial charge in [-0.1, -0.05) is 13.8 Å². The molecule has 0 aliphatic rings. The maximum atomic E-state index is 5.74. The van der Waals surface area contributed by atoms with Crippen molar-refractivity contribution in [1.82, 2.24) is 14.8 Å². The number of hydrogen-bond donors (Lipinski definition) is 1. The van der Waals surface area contributed by atoms with E-state index in [0.717, 1.165) is 11.4 Å². The predicted octanol–water partition coefficient (Wildman–Crippen LogP) is 2.20. The first-order valence-electron chi connectivity index (χ1n) is 5.87. The van der Waals surface area contributed by atoms with Crippen molar-refractivity contribution in [2.24, 2.45) is 7.05 Å². The molecule has 0 spiro atoms. The molecular weight excluding hydrogens is 228 g/mol. The number of nitrogens with zero attached hydrogens (tertiary/aromatic N) is 3. The number of aryl methyl sites for hydroxylation is 1. The van der Waals surface area contributed by atoms with Gasteiger partial charge >= 0.3 is 0 Å². The highest BCUT2D eigenvalue weighted by molar-refractivity contribution is 5.67. The Hall–Kier alpha value is -2.04. The van der Waals surface area contributed by atoms with Crippen molar-refractivity contribution in [3.8, 4) is 17.1 Å². The fourth-order valence-corrected chi connectivity index (χ4v) is 1.91. The van der Waals surface area contributed by atoms with Crippen molar-refractivity contribution >= 4 is 5.69 Å². The summed E-state index contributed by atoms with van der Waals surface area (Å²) in [4.78, 5) is 4.55. The fraction of sp³-hybridized carbons (Fsp3) is 0.385. The third kappa shape index (κ3) is 2.16. The van der Waals surface area contributed by atoms with Crippen molar-refractivity contribution in [3.05, 3.63) is 24.0 Å². The lowest BCUT2D eigenvalue weighted by Crippen LogP contribution is -2.00. The van der Waals surface area contributed by atoms with E-state index >= 15 is 0 Å². The van der Waals surface area contributed by atoms with Crippen molar-refractivity contribution in [2.45, 2.75) is 19.8 Å². The van der Waals surface area contributed by atoms with Crippen LogP contribution in [0.25, 0.3) is 11.4 Å². The molecule has 0 aliphatic carbocycles. The van der Waals surface area contributed by atoms with Crippen LogP contribution >= 0.6 is 0 Å². The summed E-state index contributed by atoms with van der Waals surface area (Å²) in [5, 5.41) is 4.43. The molecule has 0 bridgehead atoms. The molecule has 2 N–H and O–H groups in total. The Morgan fingerprint density at radius 2 is 2.06 bits per heavy atom. The average molecular weight is 246 g/mol. The first-order chi connectivity index (χ1) is 8.52. The molecule has 5 nitrogen and oxygen atoms in total. The van der Waals surface area contributed by atoms with Crippen molar-refractivity contribution < 1.29 is 4.74 Å². The Morgan fingerprint density at radius 1 is 1.33 bits per heavy atom. The zero-order valence-corrected chi connectivity index (χ0v) is 11.1. The quantitative estimate of drug-likeness (QED) is 0.843. The minimum Gasteiger partial charge on any atom is -0.496 e. The Balaban J connectivity index is 2.52. The van der Waals surface area contributed by atoms with Gasteiger partial charge in [0.05, 0.1) is 12.7 Å². The van der Waals surface area contributed by atoms with E-state index in [4.69, 9.17) is 10.5 Å². The second-order valence-electron chi connectivity index (χ2n) is 4.53. The van der Waals surface area contributed by atoms with E-state index in [9.17, 15) is 0 Å². The molecule has 5 heteroatoms. The average Bonchev–Trinajstić information content (AvgIpc) is 2.71. The molecule has 0 unspecified atom stereocenters. The van der Waals surface area contributed by atoms with Gasteiger partial charge in [-0.05, 0) is 12.1 Å². The monoisotopic (exact) mass is 246 g/mol. The number of methoxy groups -OCH3 is 1. The zero-order chi connectivity index (χ0) is 13.3. The SMILES string of the molecule is COc1cc(N)ccc1-c1nc(C(C)C)n(C)n1. The van der Waals surface area contributed by atoms with Crippen LogP contribution in [-0.4, -0.2) is 21.9 Å². The number of hydrogen-bond acceptors (Lipinski definition) is 4. The number of nitrogen functional groups attached to an aromatic ring is 1. The number of anilines is 1. The zero-order valence-electron chi connectivity index (χ0n) is 11.1. The molecule has 1 aromatic carbocycles. The van der Waals surface area contributed by atoms with Gasteiger partial charge in [0.25, 0.3) is 0 Å². The van der Waals surface area contributed by atoms with Crippen molar-refractivity contribution in [3.63, 3.8) is 0 Å². The van der Waals surface area contributed by atoms with Crippen LogP contribution in [-0.2, 0) is 7.05 Å². The standard InChI is InChI=1S/C13H18N4O/c1-8(2)13-15-12(16-17(13)3)10-6-5-9(14)7-11(10)18-4/h5-8H,14H2,1-4H3. The molecule has 2 aromatic rings. The molecule has 0 aliphatic heterocycles. The number of ether oxygens (including phenoxy) is 1. The van der Waals surface area contributed by atoms with Crippen LogP contribution < -0.4 is 10.5 Å². The lowest BCUT2D eigenvalue weighted by atomic mass is 10.1. The van der Waals surface area contributed by atoms with Crippen LogP contribution in [0.2, 0.25) is 0 Å². The maximum absolute atomic E-state index is 5.74. The summed E-state index contributed by atoms with van der Waals surface area (Å²) in [6, 6.07) is 5.48. The molecule has 96 valence electrons. The van der Waals surface area contributed by atoms with E-state index in [0.29, 0.717) is 23.2 Å². The van der Waals surface area contributed by atoms with Crippen LogP contribution in [0, 0.1) is 0 Å². The highest BCUT2D eigenvalue weighted by Gasteiger charge is 2.15. The van der Waals surface area contributed by atoms with Crippen molar-refractivity contribution in [1.29, 1.82) is 0 Å². The van der Waals surface area contributed by atoms with Gasteiger partial charge in [-0.2, -0.15) is 5.10 Å². The second kappa shape index (κ2) is 4.68. The molecule has 0 atom stereocenters. The molecule has 0 amide bonds. The van der Waals surface area contributed by atoms with Gasteiger partial charge in [0, 0.05) is 24.7 Å². The third-order valence-electron chi connectivity index (χ3n) is 2.78. The number of rotatable bonds is 3.